The first kappa shape index (κ1) is 11.2. The number of carboxylic acid groups (broad SMARTS) is 1. The third-order valence-corrected chi connectivity index (χ3v) is 1.11. The van der Waals surface area contributed by atoms with Gasteiger partial charge in [-0.2, -0.15) is 0 Å². The summed E-state index contributed by atoms with van der Waals surface area (Å²) in [6, 6.07) is 8.84. The summed E-state index contributed by atoms with van der Waals surface area (Å²) >= 11 is 0. The molecule has 0 radical (unpaired) electrons. The zero-order valence-electron chi connectivity index (χ0n) is 6.36. The summed E-state index contributed by atoms with van der Waals surface area (Å²) in [6.07, 6.45) is 0. The molecule has 0 spiro atoms. The molecular weight excluding hydrogens is 192 g/mol. The maximum Gasteiger partial charge on any atom is 0.341 e. The predicted molar refractivity (Wildman–Crippen MR) is 39.6 cm³/mol. The van der Waals surface area contributed by atoms with E-state index in [-0.39, 0.29) is 28.3 Å². The van der Waals surface area contributed by atoms with Crippen LogP contribution in [0.4, 0.5) is 0 Å². The molecule has 0 amide bonds. The Morgan fingerprint density at radius 2 is 1.92 bits per heavy atom. The van der Waals surface area contributed by atoms with E-state index < -0.39 is 5.97 Å². The van der Waals surface area contributed by atoms with Crippen molar-refractivity contribution >= 4 is 5.97 Å². The zero-order chi connectivity index (χ0) is 8.10. The molecule has 0 heterocycles. The minimum Gasteiger partial charge on any atom is -0.482 e. The van der Waals surface area contributed by atoms with Crippen LogP contribution in [0.5, 0.6) is 5.75 Å². The zero-order valence-corrected chi connectivity index (χ0v) is 7.92. The van der Waals surface area contributed by atoms with Gasteiger partial charge in [-0.25, -0.2) is 4.79 Å². The summed E-state index contributed by atoms with van der Waals surface area (Å²) < 4.78 is 4.87. The molecule has 0 unspecified atom stereocenters. The van der Waals surface area contributed by atoms with E-state index in [0.717, 1.165) is 0 Å². The Bertz CT molecular complexity index is 235. The molecule has 1 rings (SSSR count). The first-order valence-corrected chi connectivity index (χ1v) is 3.18. The predicted octanol–water partition coefficient (Wildman–Crippen LogP) is 1.15. The number of rotatable bonds is 3. The molecular formula is C8H8O3Ti. The monoisotopic (exact) mass is 200 g/mol. The SMILES string of the molecule is O=C(O)COc1ccccc1.[Ti]. The van der Waals surface area contributed by atoms with E-state index in [1.54, 1.807) is 24.3 Å². The van der Waals surface area contributed by atoms with E-state index in [0.29, 0.717) is 5.75 Å². The second-order valence-corrected chi connectivity index (χ2v) is 2.00. The van der Waals surface area contributed by atoms with Gasteiger partial charge in [-0.1, -0.05) is 18.2 Å². The number of benzene rings is 1. The Morgan fingerprint density at radius 1 is 1.33 bits per heavy atom. The molecule has 0 aliphatic rings. The first-order valence-electron chi connectivity index (χ1n) is 3.18. The van der Waals surface area contributed by atoms with Crippen molar-refractivity contribution in [1.82, 2.24) is 0 Å². The van der Waals surface area contributed by atoms with Gasteiger partial charge in [-0.15, -0.1) is 0 Å². The fraction of sp³-hybridized carbons (Fsp3) is 0.125. The summed E-state index contributed by atoms with van der Waals surface area (Å²) in [4.78, 5) is 10.0. The van der Waals surface area contributed by atoms with Crippen molar-refractivity contribution in [3.63, 3.8) is 0 Å². The largest absolute Gasteiger partial charge is 0.482 e. The van der Waals surface area contributed by atoms with Gasteiger partial charge in [0.05, 0.1) is 0 Å². The van der Waals surface area contributed by atoms with Crippen LogP contribution in [0.1, 0.15) is 0 Å². The molecule has 1 aromatic carbocycles. The van der Waals surface area contributed by atoms with Gasteiger partial charge in [0.25, 0.3) is 0 Å². The van der Waals surface area contributed by atoms with Crippen LogP contribution >= 0.6 is 0 Å². The molecule has 1 N–H and O–H groups in total. The molecule has 12 heavy (non-hydrogen) atoms. The topological polar surface area (TPSA) is 46.5 Å². The molecule has 0 bridgehead atoms. The maximum absolute atomic E-state index is 10.0. The van der Waals surface area contributed by atoms with E-state index in [1.807, 2.05) is 6.07 Å². The number of ether oxygens (including phenoxy) is 1. The number of hydrogen-bond acceptors (Lipinski definition) is 2. The quantitative estimate of drug-likeness (QED) is 0.744. The van der Waals surface area contributed by atoms with Gasteiger partial charge in [0, 0.05) is 21.7 Å². The van der Waals surface area contributed by atoms with Crippen LogP contribution in [0.15, 0.2) is 30.3 Å². The second kappa shape index (κ2) is 5.80. The average Bonchev–Trinajstić information content (AvgIpc) is 2.03. The Labute approximate surface area is 85.2 Å². The van der Waals surface area contributed by atoms with Gasteiger partial charge in [0.15, 0.2) is 6.61 Å². The van der Waals surface area contributed by atoms with Crippen LogP contribution in [-0.4, -0.2) is 17.7 Å². The minimum absolute atomic E-state index is 0. The molecule has 0 aliphatic carbocycles. The summed E-state index contributed by atoms with van der Waals surface area (Å²) in [5, 5.41) is 8.25. The summed E-state index contributed by atoms with van der Waals surface area (Å²) in [7, 11) is 0. The normalized spacial score (nSPS) is 8.33. The molecule has 0 atom stereocenters. The van der Waals surface area contributed by atoms with Crippen LogP contribution in [0.25, 0.3) is 0 Å². The van der Waals surface area contributed by atoms with E-state index in [9.17, 15) is 4.79 Å². The molecule has 0 fully saturated rings. The Balaban J connectivity index is 0.00000121. The van der Waals surface area contributed by atoms with Crippen LogP contribution < -0.4 is 4.74 Å². The Kier molecular flexibility index (Phi) is 5.42. The number of aliphatic carboxylic acids is 1. The molecule has 0 saturated heterocycles. The van der Waals surface area contributed by atoms with Crippen molar-refractivity contribution in [2.75, 3.05) is 6.61 Å². The fourth-order valence-electron chi connectivity index (χ4n) is 0.662. The van der Waals surface area contributed by atoms with Crippen molar-refractivity contribution in [2.24, 2.45) is 0 Å². The van der Waals surface area contributed by atoms with Gasteiger partial charge in [0.2, 0.25) is 0 Å². The van der Waals surface area contributed by atoms with Crippen molar-refractivity contribution in [3.05, 3.63) is 30.3 Å². The second-order valence-electron chi connectivity index (χ2n) is 2.00. The Hall–Kier alpha value is -0.796. The summed E-state index contributed by atoms with van der Waals surface area (Å²) in [5.74, 6) is -0.385. The third-order valence-electron chi connectivity index (χ3n) is 1.11. The number of hydrogen-bond donors (Lipinski definition) is 1. The van der Waals surface area contributed by atoms with Crippen LogP contribution in [0, 0.1) is 0 Å². The van der Waals surface area contributed by atoms with Crippen molar-refractivity contribution in [2.45, 2.75) is 0 Å². The third kappa shape index (κ3) is 4.16. The van der Waals surface area contributed by atoms with E-state index in [1.165, 1.54) is 0 Å². The molecule has 0 aliphatic heterocycles. The average molecular weight is 200 g/mol. The maximum atomic E-state index is 10.0. The number of carboxylic acids is 1. The fourth-order valence-corrected chi connectivity index (χ4v) is 0.662. The van der Waals surface area contributed by atoms with Crippen molar-refractivity contribution < 1.29 is 36.4 Å². The van der Waals surface area contributed by atoms with E-state index in [4.69, 9.17) is 9.84 Å². The van der Waals surface area contributed by atoms with Gasteiger partial charge >= 0.3 is 5.97 Å². The molecule has 0 saturated carbocycles. The molecule has 1 aromatic rings. The van der Waals surface area contributed by atoms with Crippen LogP contribution in [0.2, 0.25) is 0 Å². The van der Waals surface area contributed by atoms with Crippen LogP contribution in [-0.2, 0) is 26.5 Å². The van der Waals surface area contributed by atoms with Gasteiger partial charge in [-0.05, 0) is 12.1 Å². The van der Waals surface area contributed by atoms with E-state index in [2.05, 4.69) is 0 Å². The van der Waals surface area contributed by atoms with Crippen molar-refractivity contribution in [3.8, 4) is 5.75 Å². The number of para-hydroxylation sites is 1. The first-order chi connectivity index (χ1) is 5.29. The van der Waals surface area contributed by atoms with Gasteiger partial charge in [0.1, 0.15) is 5.75 Å². The van der Waals surface area contributed by atoms with Gasteiger partial charge in [-0.3, -0.25) is 0 Å². The summed E-state index contributed by atoms with van der Waals surface area (Å²) in [5.41, 5.74) is 0. The van der Waals surface area contributed by atoms with Crippen LogP contribution in [0.3, 0.4) is 0 Å². The summed E-state index contributed by atoms with van der Waals surface area (Å²) in [6.45, 7) is -0.288. The molecule has 0 aromatic heterocycles. The molecule has 3 nitrogen and oxygen atoms in total. The number of carbonyl (C=O) groups is 1. The molecule has 62 valence electrons. The van der Waals surface area contributed by atoms with Gasteiger partial charge < -0.3 is 9.84 Å². The van der Waals surface area contributed by atoms with E-state index >= 15 is 0 Å². The molecule has 4 heteroatoms. The smallest absolute Gasteiger partial charge is 0.341 e. The Morgan fingerprint density at radius 3 is 2.42 bits per heavy atom. The standard InChI is InChI=1S/C8H8O3.Ti/c9-8(10)6-11-7-4-2-1-3-5-7;/h1-5H,6H2,(H,9,10);. The minimum atomic E-state index is -0.964. The van der Waals surface area contributed by atoms with Crippen molar-refractivity contribution in [1.29, 1.82) is 0 Å².